The Morgan fingerprint density at radius 1 is 1.26 bits per heavy atom. The van der Waals surface area contributed by atoms with E-state index in [1.54, 1.807) is 23.1 Å². The summed E-state index contributed by atoms with van der Waals surface area (Å²) in [5.41, 5.74) is 8.14. The van der Waals surface area contributed by atoms with Gasteiger partial charge in [0.1, 0.15) is 5.82 Å². The van der Waals surface area contributed by atoms with Crippen LogP contribution in [0.15, 0.2) is 42.9 Å². The normalized spacial score (nSPS) is 17.9. The SMILES string of the molecule is NC(=O)C1CCCN(CCNc2cc(-c3ccncc3)nc3ccnn23)C1. The van der Waals surface area contributed by atoms with Crippen LogP contribution in [0.1, 0.15) is 12.8 Å². The Balaban J connectivity index is 1.47. The molecule has 4 heterocycles. The minimum atomic E-state index is -0.193. The molecule has 1 saturated heterocycles. The van der Waals surface area contributed by atoms with Crippen molar-refractivity contribution >= 4 is 17.4 Å². The van der Waals surface area contributed by atoms with Crippen molar-refractivity contribution in [2.45, 2.75) is 12.8 Å². The van der Waals surface area contributed by atoms with Crippen LogP contribution in [0.3, 0.4) is 0 Å². The lowest BCUT2D eigenvalue weighted by molar-refractivity contribution is -0.123. The van der Waals surface area contributed by atoms with Crippen molar-refractivity contribution in [1.29, 1.82) is 0 Å². The van der Waals surface area contributed by atoms with Crippen LogP contribution in [0.2, 0.25) is 0 Å². The Bertz CT molecular complexity index is 924. The Morgan fingerprint density at radius 2 is 2.11 bits per heavy atom. The number of anilines is 1. The number of carbonyl (C=O) groups excluding carboxylic acids is 1. The average Bonchev–Trinajstić information content (AvgIpc) is 3.18. The Morgan fingerprint density at radius 3 is 2.93 bits per heavy atom. The molecule has 0 bridgehead atoms. The van der Waals surface area contributed by atoms with Crippen LogP contribution in [0.4, 0.5) is 5.82 Å². The molecule has 8 nitrogen and oxygen atoms in total. The molecule has 1 atom stereocenters. The fourth-order valence-electron chi connectivity index (χ4n) is 3.54. The molecule has 0 aromatic carbocycles. The first kappa shape index (κ1) is 17.4. The number of carbonyl (C=O) groups is 1. The van der Waals surface area contributed by atoms with Gasteiger partial charge in [0.15, 0.2) is 5.65 Å². The van der Waals surface area contributed by atoms with Gasteiger partial charge >= 0.3 is 0 Å². The zero-order valence-electron chi connectivity index (χ0n) is 15.1. The number of primary amides is 1. The number of aromatic nitrogens is 4. The highest BCUT2D eigenvalue weighted by molar-refractivity contribution is 5.77. The number of amides is 1. The van der Waals surface area contributed by atoms with Crippen molar-refractivity contribution in [2.75, 3.05) is 31.5 Å². The van der Waals surface area contributed by atoms with Gasteiger partial charge in [-0.05, 0) is 31.5 Å². The maximum Gasteiger partial charge on any atom is 0.221 e. The number of hydrogen-bond acceptors (Lipinski definition) is 6. The summed E-state index contributed by atoms with van der Waals surface area (Å²) in [7, 11) is 0. The number of fused-ring (bicyclic) bond motifs is 1. The summed E-state index contributed by atoms with van der Waals surface area (Å²) in [5.74, 6) is 0.665. The van der Waals surface area contributed by atoms with E-state index in [0.29, 0.717) is 0 Å². The molecule has 3 aromatic heterocycles. The van der Waals surface area contributed by atoms with Crippen molar-refractivity contribution in [2.24, 2.45) is 11.7 Å². The number of nitrogens with two attached hydrogens (primary N) is 1. The molecule has 8 heteroatoms. The molecule has 0 aliphatic carbocycles. The van der Waals surface area contributed by atoms with E-state index in [1.807, 2.05) is 24.3 Å². The molecule has 1 fully saturated rings. The molecule has 0 radical (unpaired) electrons. The summed E-state index contributed by atoms with van der Waals surface area (Å²) >= 11 is 0. The van der Waals surface area contributed by atoms with E-state index in [9.17, 15) is 4.79 Å². The van der Waals surface area contributed by atoms with Crippen LogP contribution in [0, 0.1) is 5.92 Å². The molecule has 140 valence electrons. The molecule has 3 N–H and O–H groups in total. The fourth-order valence-corrected chi connectivity index (χ4v) is 3.54. The van der Waals surface area contributed by atoms with E-state index in [2.05, 4.69) is 25.3 Å². The van der Waals surface area contributed by atoms with Crippen LogP contribution in [-0.4, -0.2) is 56.6 Å². The molecule has 0 saturated carbocycles. The van der Waals surface area contributed by atoms with Crippen LogP contribution >= 0.6 is 0 Å². The highest BCUT2D eigenvalue weighted by Gasteiger charge is 2.23. The molecular weight excluding hydrogens is 342 g/mol. The summed E-state index contributed by atoms with van der Waals surface area (Å²) < 4.78 is 1.80. The van der Waals surface area contributed by atoms with E-state index in [1.165, 1.54) is 0 Å². The van der Waals surface area contributed by atoms with Crippen molar-refractivity contribution < 1.29 is 4.79 Å². The second-order valence-electron chi connectivity index (χ2n) is 6.83. The third-order valence-corrected chi connectivity index (χ3v) is 4.98. The van der Waals surface area contributed by atoms with Crippen LogP contribution in [-0.2, 0) is 4.79 Å². The van der Waals surface area contributed by atoms with Gasteiger partial charge in [-0.1, -0.05) is 0 Å². The number of piperidine rings is 1. The van der Waals surface area contributed by atoms with Crippen LogP contribution in [0.25, 0.3) is 16.9 Å². The lowest BCUT2D eigenvalue weighted by atomic mass is 9.97. The van der Waals surface area contributed by atoms with Crippen molar-refractivity contribution in [1.82, 2.24) is 24.5 Å². The molecule has 0 spiro atoms. The van der Waals surface area contributed by atoms with E-state index < -0.39 is 0 Å². The van der Waals surface area contributed by atoms with E-state index in [4.69, 9.17) is 5.73 Å². The van der Waals surface area contributed by atoms with Gasteiger partial charge in [0.05, 0.1) is 17.8 Å². The van der Waals surface area contributed by atoms with Gasteiger partial charge in [0.25, 0.3) is 0 Å². The highest BCUT2D eigenvalue weighted by Crippen LogP contribution is 2.21. The first-order valence-corrected chi connectivity index (χ1v) is 9.21. The molecule has 1 amide bonds. The molecular formula is C19H23N7O. The molecule has 3 aromatic rings. The Labute approximate surface area is 157 Å². The molecule has 27 heavy (non-hydrogen) atoms. The zero-order chi connectivity index (χ0) is 18.6. The fraction of sp³-hybridized carbons (Fsp3) is 0.368. The van der Waals surface area contributed by atoms with Gasteiger partial charge in [0.2, 0.25) is 5.91 Å². The largest absolute Gasteiger partial charge is 0.369 e. The zero-order valence-corrected chi connectivity index (χ0v) is 15.1. The highest BCUT2D eigenvalue weighted by atomic mass is 16.1. The van der Waals surface area contributed by atoms with Gasteiger partial charge < -0.3 is 16.0 Å². The van der Waals surface area contributed by atoms with Crippen molar-refractivity contribution in [3.63, 3.8) is 0 Å². The maximum atomic E-state index is 11.4. The summed E-state index contributed by atoms with van der Waals surface area (Å²) in [5, 5.41) is 7.82. The third-order valence-electron chi connectivity index (χ3n) is 4.98. The minimum Gasteiger partial charge on any atom is -0.369 e. The van der Waals surface area contributed by atoms with Gasteiger partial charge in [-0.25, -0.2) is 4.98 Å². The standard InChI is InChI=1S/C19H23N7O/c20-19(27)15-2-1-10-25(13-15)11-9-22-18-12-16(14-3-6-21-7-4-14)24-17-5-8-23-26(17)18/h3-8,12,15,22H,1-2,9-11,13H2,(H2,20,27). The number of nitrogens with zero attached hydrogens (tertiary/aromatic N) is 5. The quantitative estimate of drug-likeness (QED) is 0.685. The van der Waals surface area contributed by atoms with Gasteiger partial charge in [-0.15, -0.1) is 0 Å². The lowest BCUT2D eigenvalue weighted by Gasteiger charge is -2.31. The van der Waals surface area contributed by atoms with Crippen LogP contribution in [0.5, 0.6) is 0 Å². The lowest BCUT2D eigenvalue weighted by Crippen LogP contribution is -2.42. The van der Waals surface area contributed by atoms with Crippen molar-refractivity contribution in [3.05, 3.63) is 42.9 Å². The van der Waals surface area contributed by atoms with Gasteiger partial charge in [-0.3, -0.25) is 9.78 Å². The number of nitrogens with one attached hydrogen (secondary N) is 1. The third kappa shape index (κ3) is 3.90. The van der Waals surface area contributed by atoms with E-state index in [0.717, 1.165) is 61.7 Å². The Kier molecular flexibility index (Phi) is 4.97. The van der Waals surface area contributed by atoms with Gasteiger partial charge in [0, 0.05) is 49.7 Å². The summed E-state index contributed by atoms with van der Waals surface area (Å²) in [6.07, 6.45) is 7.17. The monoisotopic (exact) mass is 365 g/mol. The van der Waals surface area contributed by atoms with E-state index in [-0.39, 0.29) is 11.8 Å². The first-order chi connectivity index (χ1) is 13.2. The number of rotatable bonds is 6. The molecule has 1 aliphatic heterocycles. The van der Waals surface area contributed by atoms with Gasteiger partial charge in [-0.2, -0.15) is 9.61 Å². The Hall–Kier alpha value is -3.00. The summed E-state index contributed by atoms with van der Waals surface area (Å²) in [6, 6.07) is 7.77. The topological polar surface area (TPSA) is 101 Å². The summed E-state index contributed by atoms with van der Waals surface area (Å²) in [6.45, 7) is 3.34. The predicted molar refractivity (Wildman–Crippen MR) is 103 cm³/mol. The molecule has 1 unspecified atom stereocenters. The average molecular weight is 365 g/mol. The minimum absolute atomic E-state index is 0.0317. The molecule has 1 aliphatic rings. The smallest absolute Gasteiger partial charge is 0.221 e. The second-order valence-corrected chi connectivity index (χ2v) is 6.83. The van der Waals surface area contributed by atoms with Crippen LogP contribution < -0.4 is 11.1 Å². The number of likely N-dealkylation sites (tertiary alicyclic amines) is 1. The van der Waals surface area contributed by atoms with E-state index >= 15 is 0 Å². The maximum absolute atomic E-state index is 11.4. The summed E-state index contributed by atoms with van der Waals surface area (Å²) in [4.78, 5) is 22.5. The van der Waals surface area contributed by atoms with Crippen molar-refractivity contribution in [3.8, 4) is 11.3 Å². The number of pyridine rings is 1. The predicted octanol–water partition coefficient (Wildman–Crippen LogP) is 1.40. The second kappa shape index (κ2) is 7.71. The first-order valence-electron chi connectivity index (χ1n) is 9.21. The number of hydrogen-bond donors (Lipinski definition) is 2. The molecule has 4 rings (SSSR count).